The van der Waals surface area contributed by atoms with Crippen LogP contribution in [0.4, 0.5) is 0 Å². The van der Waals surface area contributed by atoms with Gasteiger partial charge in [0.2, 0.25) is 5.91 Å². The maximum atomic E-state index is 10.9. The molecule has 1 unspecified atom stereocenters. The van der Waals surface area contributed by atoms with Gasteiger partial charge in [0.15, 0.2) is 0 Å². The molecule has 90 valence electrons. The molecule has 0 aliphatic heterocycles. The molecule has 1 amide bonds. The number of aromatic nitrogens is 2. The lowest BCUT2D eigenvalue weighted by Crippen LogP contribution is -2.39. The van der Waals surface area contributed by atoms with Crippen LogP contribution in [-0.2, 0) is 11.3 Å². The lowest BCUT2D eigenvalue weighted by Gasteiger charge is -2.09. The first-order chi connectivity index (χ1) is 7.99. The second kappa shape index (κ2) is 4.18. The zero-order chi connectivity index (χ0) is 12.6. The second-order valence-electron chi connectivity index (χ2n) is 4.33. The van der Waals surface area contributed by atoms with E-state index in [4.69, 9.17) is 11.5 Å². The lowest BCUT2D eigenvalue weighted by atomic mass is 10.1. The minimum Gasteiger partial charge on any atom is -0.368 e. The monoisotopic (exact) mass is 232 g/mol. The van der Waals surface area contributed by atoms with E-state index in [-0.39, 0.29) is 0 Å². The smallest absolute Gasteiger partial charge is 0.236 e. The van der Waals surface area contributed by atoms with Crippen molar-refractivity contribution in [3.8, 4) is 0 Å². The Kier molecular flexibility index (Phi) is 2.85. The summed E-state index contributed by atoms with van der Waals surface area (Å²) in [6.45, 7) is 4.44. The van der Waals surface area contributed by atoms with Gasteiger partial charge in [0, 0.05) is 6.54 Å². The molecule has 4 N–H and O–H groups in total. The molecule has 0 saturated heterocycles. The van der Waals surface area contributed by atoms with Gasteiger partial charge in [-0.25, -0.2) is 4.98 Å². The molecule has 0 bridgehead atoms. The van der Waals surface area contributed by atoms with Crippen molar-refractivity contribution in [3.05, 3.63) is 29.6 Å². The van der Waals surface area contributed by atoms with Crippen LogP contribution in [0.3, 0.4) is 0 Å². The molecule has 0 aliphatic carbocycles. The van der Waals surface area contributed by atoms with Gasteiger partial charge in [-0.05, 0) is 37.1 Å². The number of rotatable bonds is 3. The fraction of sp³-hybridized carbons (Fsp3) is 0.333. The van der Waals surface area contributed by atoms with Gasteiger partial charge in [-0.3, -0.25) is 4.79 Å². The standard InChI is InChI=1S/C12H16N4O/c1-7-3-10-11(4-8(7)2)16(6-15-10)5-9(13)12(14)17/h3-4,6,9H,5,13H2,1-2H3,(H2,14,17). The zero-order valence-electron chi connectivity index (χ0n) is 9.97. The van der Waals surface area contributed by atoms with Crippen LogP contribution < -0.4 is 11.5 Å². The van der Waals surface area contributed by atoms with Gasteiger partial charge in [-0.1, -0.05) is 0 Å². The number of fused-ring (bicyclic) bond motifs is 1. The number of benzene rings is 1. The first kappa shape index (κ1) is 11.6. The molecular formula is C12H16N4O. The van der Waals surface area contributed by atoms with Crippen molar-refractivity contribution in [1.29, 1.82) is 0 Å². The third-order valence-electron chi connectivity index (χ3n) is 3.00. The fourth-order valence-corrected chi connectivity index (χ4v) is 1.76. The molecular weight excluding hydrogens is 216 g/mol. The highest BCUT2D eigenvalue weighted by molar-refractivity contribution is 5.80. The predicted octanol–water partition coefficient (Wildman–Crippen LogP) is 0.466. The summed E-state index contributed by atoms with van der Waals surface area (Å²) in [7, 11) is 0. The number of carbonyl (C=O) groups is 1. The van der Waals surface area contributed by atoms with E-state index in [9.17, 15) is 4.79 Å². The number of hydrogen-bond acceptors (Lipinski definition) is 3. The first-order valence-electron chi connectivity index (χ1n) is 5.46. The normalized spacial score (nSPS) is 12.9. The second-order valence-corrected chi connectivity index (χ2v) is 4.33. The van der Waals surface area contributed by atoms with Crippen LogP contribution in [0, 0.1) is 13.8 Å². The van der Waals surface area contributed by atoms with E-state index >= 15 is 0 Å². The van der Waals surface area contributed by atoms with Crippen LogP contribution in [0.5, 0.6) is 0 Å². The fourth-order valence-electron chi connectivity index (χ4n) is 1.76. The average molecular weight is 232 g/mol. The Bertz CT molecular complexity index is 573. The molecule has 2 aromatic rings. The van der Waals surface area contributed by atoms with Crippen molar-refractivity contribution < 1.29 is 4.79 Å². The van der Waals surface area contributed by atoms with E-state index in [0.29, 0.717) is 6.54 Å². The van der Waals surface area contributed by atoms with Crippen LogP contribution in [0.2, 0.25) is 0 Å². The van der Waals surface area contributed by atoms with E-state index in [0.717, 1.165) is 11.0 Å². The Balaban J connectivity index is 2.42. The minimum absolute atomic E-state index is 0.355. The van der Waals surface area contributed by atoms with E-state index in [1.165, 1.54) is 11.1 Å². The number of hydrogen-bond donors (Lipinski definition) is 2. The van der Waals surface area contributed by atoms with Crippen molar-refractivity contribution in [2.45, 2.75) is 26.4 Å². The van der Waals surface area contributed by atoms with E-state index in [1.54, 1.807) is 6.33 Å². The summed E-state index contributed by atoms with van der Waals surface area (Å²) in [5, 5.41) is 0. The SMILES string of the molecule is Cc1cc2ncn(CC(N)C(N)=O)c2cc1C. The summed E-state index contributed by atoms with van der Waals surface area (Å²) in [4.78, 5) is 15.2. The first-order valence-corrected chi connectivity index (χ1v) is 5.46. The molecule has 5 nitrogen and oxygen atoms in total. The third-order valence-corrected chi connectivity index (χ3v) is 3.00. The highest BCUT2D eigenvalue weighted by Crippen LogP contribution is 2.18. The molecule has 0 fully saturated rings. The van der Waals surface area contributed by atoms with Crippen molar-refractivity contribution in [2.24, 2.45) is 11.5 Å². The topological polar surface area (TPSA) is 86.9 Å². The van der Waals surface area contributed by atoms with Crippen LogP contribution in [-0.4, -0.2) is 21.5 Å². The molecule has 2 rings (SSSR count). The number of primary amides is 1. The van der Waals surface area contributed by atoms with Crippen LogP contribution in [0.25, 0.3) is 11.0 Å². The Hall–Kier alpha value is -1.88. The summed E-state index contributed by atoms with van der Waals surface area (Å²) < 4.78 is 1.86. The molecule has 17 heavy (non-hydrogen) atoms. The number of amides is 1. The van der Waals surface area contributed by atoms with Gasteiger partial charge in [0.05, 0.1) is 17.4 Å². The van der Waals surface area contributed by atoms with E-state index in [1.807, 2.05) is 30.5 Å². The number of carbonyl (C=O) groups excluding carboxylic acids is 1. The highest BCUT2D eigenvalue weighted by Gasteiger charge is 2.12. The summed E-state index contributed by atoms with van der Waals surface area (Å²) in [6, 6.07) is 3.39. The molecule has 0 radical (unpaired) electrons. The van der Waals surface area contributed by atoms with Crippen LogP contribution in [0.1, 0.15) is 11.1 Å². The minimum atomic E-state index is -0.686. The van der Waals surface area contributed by atoms with Crippen LogP contribution in [0.15, 0.2) is 18.5 Å². The van der Waals surface area contributed by atoms with Crippen molar-refractivity contribution >= 4 is 16.9 Å². The van der Waals surface area contributed by atoms with Gasteiger partial charge in [-0.2, -0.15) is 0 Å². The Morgan fingerprint density at radius 2 is 2.06 bits per heavy atom. The third kappa shape index (κ3) is 2.14. The van der Waals surface area contributed by atoms with Gasteiger partial charge in [0.1, 0.15) is 6.04 Å². The Labute approximate surface area is 99.4 Å². The van der Waals surface area contributed by atoms with Crippen molar-refractivity contribution in [2.75, 3.05) is 0 Å². The summed E-state index contributed by atoms with van der Waals surface area (Å²) in [5.41, 5.74) is 15.1. The average Bonchev–Trinajstić information content (AvgIpc) is 2.62. The number of nitrogens with two attached hydrogens (primary N) is 2. The number of aryl methyl sites for hydroxylation is 2. The van der Waals surface area contributed by atoms with Crippen molar-refractivity contribution in [1.82, 2.24) is 9.55 Å². The quantitative estimate of drug-likeness (QED) is 0.806. The molecule has 5 heteroatoms. The highest BCUT2D eigenvalue weighted by atomic mass is 16.1. The van der Waals surface area contributed by atoms with Gasteiger partial charge in [0.25, 0.3) is 0 Å². The Morgan fingerprint density at radius 1 is 1.41 bits per heavy atom. The van der Waals surface area contributed by atoms with Gasteiger partial charge < -0.3 is 16.0 Å². The van der Waals surface area contributed by atoms with Gasteiger partial charge in [-0.15, -0.1) is 0 Å². The molecule has 1 aromatic carbocycles. The summed E-state index contributed by atoms with van der Waals surface area (Å²) in [6.07, 6.45) is 1.69. The predicted molar refractivity (Wildman–Crippen MR) is 66.4 cm³/mol. The molecule has 0 saturated carbocycles. The zero-order valence-corrected chi connectivity index (χ0v) is 9.97. The maximum Gasteiger partial charge on any atom is 0.236 e. The summed E-state index contributed by atoms with van der Waals surface area (Å²) in [5.74, 6) is -0.504. The van der Waals surface area contributed by atoms with E-state index < -0.39 is 11.9 Å². The molecule has 1 heterocycles. The molecule has 0 aliphatic rings. The summed E-state index contributed by atoms with van der Waals surface area (Å²) >= 11 is 0. The van der Waals surface area contributed by atoms with Crippen LogP contribution >= 0.6 is 0 Å². The molecule has 1 atom stereocenters. The van der Waals surface area contributed by atoms with Crippen molar-refractivity contribution in [3.63, 3.8) is 0 Å². The number of imidazole rings is 1. The number of nitrogens with zero attached hydrogens (tertiary/aromatic N) is 2. The van der Waals surface area contributed by atoms with E-state index in [2.05, 4.69) is 4.98 Å². The molecule has 0 spiro atoms. The lowest BCUT2D eigenvalue weighted by molar-refractivity contribution is -0.119. The maximum absolute atomic E-state index is 10.9. The van der Waals surface area contributed by atoms with Gasteiger partial charge >= 0.3 is 0 Å². The Morgan fingerprint density at radius 3 is 2.71 bits per heavy atom. The largest absolute Gasteiger partial charge is 0.368 e. The molecule has 1 aromatic heterocycles.